The van der Waals surface area contributed by atoms with E-state index < -0.39 is 11.7 Å². The maximum absolute atomic E-state index is 11.2. The first-order valence-electron chi connectivity index (χ1n) is 2.10. The first kappa shape index (κ1) is 8.20. The van der Waals surface area contributed by atoms with Gasteiger partial charge >= 0.3 is 6.18 Å². The van der Waals surface area contributed by atoms with Crippen molar-refractivity contribution in [1.82, 2.24) is 0 Å². The summed E-state index contributed by atoms with van der Waals surface area (Å²) in [5, 5.41) is 0. The Morgan fingerprint density at radius 1 is 1.56 bits per heavy atom. The molecule has 0 fully saturated rings. The normalized spacial score (nSPS) is 13.6. The van der Waals surface area contributed by atoms with Gasteiger partial charge in [0.2, 0.25) is 6.29 Å². The minimum Gasteiger partial charge on any atom is -0.285 e. The van der Waals surface area contributed by atoms with Gasteiger partial charge in [0.15, 0.2) is 0 Å². The lowest BCUT2D eigenvalue weighted by molar-refractivity contribution is -0.0802. The highest BCUT2D eigenvalue weighted by Crippen LogP contribution is 2.17. The van der Waals surface area contributed by atoms with Gasteiger partial charge in [-0.2, -0.15) is 13.2 Å². The molecule has 0 atom stereocenters. The lowest BCUT2D eigenvalue weighted by Crippen LogP contribution is -2.02. The van der Waals surface area contributed by atoms with Crippen LogP contribution in [0.4, 0.5) is 13.2 Å². The Morgan fingerprint density at radius 2 is 2.00 bits per heavy atom. The molecule has 0 aliphatic rings. The molecule has 9 heavy (non-hydrogen) atoms. The quantitative estimate of drug-likeness (QED) is 0.501. The van der Waals surface area contributed by atoms with Crippen LogP contribution in [0.2, 0.25) is 0 Å². The van der Waals surface area contributed by atoms with E-state index in [4.69, 9.17) is 0 Å². The lowest BCUT2D eigenvalue weighted by atomic mass is 10.3. The molecule has 0 aliphatic carbocycles. The molecule has 0 bridgehead atoms. The standard InChI is InChI=1S/C5H4F3O/c1-4(3-9)2-5(6,7)8/h2H,1H3/b4-2+. The van der Waals surface area contributed by atoms with Gasteiger partial charge in [-0.1, -0.05) is 0 Å². The third-order valence-corrected chi connectivity index (χ3v) is 0.541. The van der Waals surface area contributed by atoms with Gasteiger partial charge in [-0.25, -0.2) is 0 Å². The molecule has 0 spiro atoms. The van der Waals surface area contributed by atoms with Crippen LogP contribution in [0.3, 0.4) is 0 Å². The predicted molar refractivity (Wildman–Crippen MR) is 25.5 cm³/mol. The molecule has 0 unspecified atom stereocenters. The number of hydrogen-bond acceptors (Lipinski definition) is 1. The molecule has 0 aromatic heterocycles. The van der Waals surface area contributed by atoms with Crippen molar-refractivity contribution < 1.29 is 18.0 Å². The van der Waals surface area contributed by atoms with E-state index in [1.807, 2.05) is 0 Å². The maximum Gasteiger partial charge on any atom is 0.410 e. The van der Waals surface area contributed by atoms with Gasteiger partial charge in [0.05, 0.1) is 0 Å². The lowest BCUT2D eigenvalue weighted by Gasteiger charge is -1.96. The van der Waals surface area contributed by atoms with Crippen molar-refractivity contribution in [2.24, 2.45) is 0 Å². The van der Waals surface area contributed by atoms with E-state index in [1.54, 1.807) is 0 Å². The van der Waals surface area contributed by atoms with Gasteiger partial charge < -0.3 is 0 Å². The molecule has 1 nitrogen and oxygen atoms in total. The highest BCUT2D eigenvalue weighted by Gasteiger charge is 2.23. The van der Waals surface area contributed by atoms with Crippen LogP contribution in [0.15, 0.2) is 11.6 Å². The maximum atomic E-state index is 11.2. The second-order valence-corrected chi connectivity index (χ2v) is 1.47. The van der Waals surface area contributed by atoms with E-state index in [2.05, 4.69) is 0 Å². The van der Waals surface area contributed by atoms with Crippen molar-refractivity contribution in [3.8, 4) is 0 Å². The van der Waals surface area contributed by atoms with Crippen molar-refractivity contribution >= 4 is 6.29 Å². The Labute approximate surface area is 50.2 Å². The minimum atomic E-state index is -4.40. The first-order valence-corrected chi connectivity index (χ1v) is 2.10. The van der Waals surface area contributed by atoms with Crippen molar-refractivity contribution in [3.63, 3.8) is 0 Å². The van der Waals surface area contributed by atoms with Crippen molar-refractivity contribution in [3.05, 3.63) is 11.6 Å². The van der Waals surface area contributed by atoms with Crippen molar-refractivity contribution in [1.29, 1.82) is 0 Å². The topological polar surface area (TPSA) is 17.1 Å². The zero-order chi connectivity index (χ0) is 7.49. The summed E-state index contributed by atoms with van der Waals surface area (Å²) in [6.45, 7) is 1.04. The summed E-state index contributed by atoms with van der Waals surface area (Å²) in [5.41, 5.74) is -0.442. The molecular weight excluding hydrogens is 133 g/mol. The average molecular weight is 137 g/mol. The van der Waals surface area contributed by atoms with E-state index in [0.717, 1.165) is 13.2 Å². The van der Waals surface area contributed by atoms with Crippen molar-refractivity contribution in [2.45, 2.75) is 13.1 Å². The molecule has 0 aromatic carbocycles. The number of carbonyl (C=O) groups excluding carboxylic acids is 1. The van der Waals surface area contributed by atoms with Gasteiger partial charge in [-0.15, -0.1) is 0 Å². The number of alkyl halides is 3. The van der Waals surface area contributed by atoms with E-state index in [0.29, 0.717) is 0 Å². The summed E-state index contributed by atoms with van der Waals surface area (Å²) in [4.78, 5) is 9.49. The molecule has 0 aromatic rings. The Kier molecular flexibility index (Phi) is 2.42. The van der Waals surface area contributed by atoms with Gasteiger partial charge in [0.1, 0.15) is 0 Å². The summed E-state index contributed by atoms with van der Waals surface area (Å²) in [5.74, 6) is 0. The SMILES string of the molecule is C/C([C]=O)=C\C(F)(F)F. The molecule has 51 valence electrons. The van der Waals surface area contributed by atoms with Crippen LogP contribution < -0.4 is 0 Å². The second-order valence-electron chi connectivity index (χ2n) is 1.47. The number of halogens is 3. The van der Waals surface area contributed by atoms with E-state index in [-0.39, 0.29) is 6.08 Å². The van der Waals surface area contributed by atoms with Crippen LogP contribution in [-0.2, 0) is 4.79 Å². The summed E-state index contributed by atoms with van der Waals surface area (Å²) >= 11 is 0. The average Bonchev–Trinajstić information content (AvgIpc) is 1.62. The van der Waals surface area contributed by atoms with E-state index in [9.17, 15) is 18.0 Å². The predicted octanol–water partition coefficient (Wildman–Crippen LogP) is 1.60. The monoisotopic (exact) mass is 137 g/mol. The molecule has 1 radical (unpaired) electrons. The molecule has 0 N–H and O–H groups in total. The second kappa shape index (κ2) is 2.66. The molecule has 0 saturated heterocycles. The number of hydrogen-bond donors (Lipinski definition) is 0. The largest absolute Gasteiger partial charge is 0.410 e. The third kappa shape index (κ3) is 5.06. The van der Waals surface area contributed by atoms with Crippen LogP contribution in [0.25, 0.3) is 0 Å². The summed E-state index contributed by atoms with van der Waals surface area (Å²) in [7, 11) is 0. The fraction of sp³-hybridized carbons (Fsp3) is 0.400. The fourth-order valence-electron chi connectivity index (χ4n) is 0.275. The summed E-state index contributed by atoms with van der Waals surface area (Å²) in [6, 6.07) is 0. The molecule has 0 saturated carbocycles. The number of allylic oxidation sites excluding steroid dienone is 2. The molecule has 0 amide bonds. The molecule has 0 heterocycles. The zero-order valence-corrected chi connectivity index (χ0v) is 4.62. The minimum absolute atomic E-state index is 0.0972. The Bertz CT molecular complexity index is 134. The van der Waals surface area contributed by atoms with Gasteiger partial charge in [-0.05, 0) is 6.92 Å². The van der Waals surface area contributed by atoms with Gasteiger partial charge in [0, 0.05) is 11.6 Å². The van der Waals surface area contributed by atoms with Crippen LogP contribution in [0, 0.1) is 0 Å². The molecular formula is C5H4F3O. The van der Waals surface area contributed by atoms with E-state index in [1.165, 1.54) is 0 Å². The van der Waals surface area contributed by atoms with Crippen LogP contribution >= 0.6 is 0 Å². The zero-order valence-electron chi connectivity index (χ0n) is 4.62. The number of rotatable bonds is 1. The summed E-state index contributed by atoms with van der Waals surface area (Å²) in [6.07, 6.45) is -3.39. The van der Waals surface area contributed by atoms with Crippen molar-refractivity contribution in [2.75, 3.05) is 0 Å². The van der Waals surface area contributed by atoms with Gasteiger partial charge in [-0.3, -0.25) is 4.79 Å². The Balaban J connectivity index is 4.11. The van der Waals surface area contributed by atoms with Crippen LogP contribution in [0.5, 0.6) is 0 Å². The Hall–Kier alpha value is -0.800. The highest BCUT2D eigenvalue weighted by molar-refractivity contribution is 5.72. The first-order chi connectivity index (χ1) is 3.95. The molecule has 0 rings (SSSR count). The summed E-state index contributed by atoms with van der Waals surface area (Å²) < 4.78 is 33.7. The third-order valence-electron chi connectivity index (χ3n) is 0.541. The Morgan fingerprint density at radius 3 is 2.11 bits per heavy atom. The molecule has 4 heteroatoms. The van der Waals surface area contributed by atoms with Gasteiger partial charge in [0.25, 0.3) is 0 Å². The smallest absolute Gasteiger partial charge is 0.285 e. The molecule has 0 aliphatic heterocycles. The fourth-order valence-corrected chi connectivity index (χ4v) is 0.275. The van der Waals surface area contributed by atoms with E-state index >= 15 is 0 Å². The van der Waals surface area contributed by atoms with Crippen LogP contribution in [0.1, 0.15) is 6.92 Å². The van der Waals surface area contributed by atoms with Crippen LogP contribution in [-0.4, -0.2) is 12.5 Å². The highest BCUT2D eigenvalue weighted by atomic mass is 19.4.